The van der Waals surface area contributed by atoms with Crippen LogP contribution in [0.1, 0.15) is 22.5 Å². The number of benzene rings is 1. The summed E-state index contributed by atoms with van der Waals surface area (Å²) in [5.74, 6) is 0.0480. The second-order valence-electron chi connectivity index (χ2n) is 5.23. The predicted molar refractivity (Wildman–Crippen MR) is 90.8 cm³/mol. The third-order valence-corrected chi connectivity index (χ3v) is 4.46. The Balaban J connectivity index is 1.70. The van der Waals surface area contributed by atoms with Crippen LogP contribution < -0.4 is 4.74 Å². The Kier molecular flexibility index (Phi) is 4.97. The number of carbonyl (C=O) groups excluding carboxylic acids is 1. The molecule has 2 aromatic rings. The fraction of sp³-hybridized carbons (Fsp3) is 0.250. The van der Waals surface area contributed by atoms with Gasteiger partial charge in [-0.1, -0.05) is 27.5 Å². The summed E-state index contributed by atoms with van der Waals surface area (Å²) in [6.07, 6.45) is 3.32. The summed E-state index contributed by atoms with van der Waals surface area (Å²) in [7, 11) is 0. The van der Waals surface area contributed by atoms with Gasteiger partial charge in [-0.05, 0) is 18.2 Å². The van der Waals surface area contributed by atoms with Crippen LogP contribution in [0.25, 0.3) is 0 Å². The molecule has 6 nitrogen and oxygen atoms in total. The van der Waals surface area contributed by atoms with Crippen LogP contribution in [-0.2, 0) is 0 Å². The minimum absolute atomic E-state index is 0.136. The monoisotopic (exact) mass is 406 g/mol. The van der Waals surface area contributed by atoms with Crippen LogP contribution in [-0.4, -0.2) is 40.0 Å². The summed E-state index contributed by atoms with van der Waals surface area (Å²) in [5.41, 5.74) is 0.584. The van der Waals surface area contributed by atoms with Gasteiger partial charge in [0, 0.05) is 29.8 Å². The maximum Gasteiger partial charge on any atom is 0.255 e. The van der Waals surface area contributed by atoms with E-state index in [0.717, 1.165) is 4.47 Å². The Morgan fingerprint density at radius 2 is 2.21 bits per heavy atom. The fourth-order valence-electron chi connectivity index (χ4n) is 2.49. The van der Waals surface area contributed by atoms with Crippen molar-refractivity contribution in [1.29, 1.82) is 5.26 Å². The molecule has 0 aliphatic carbocycles. The van der Waals surface area contributed by atoms with E-state index in [1.807, 2.05) is 6.07 Å². The first-order chi connectivity index (χ1) is 11.6. The molecule has 1 aromatic heterocycles. The molecule has 2 heterocycles. The maximum atomic E-state index is 12.6. The Hall–Kier alpha value is -2.17. The molecule has 1 aromatic carbocycles. The predicted octanol–water partition coefficient (Wildman–Crippen LogP) is 3.06. The van der Waals surface area contributed by atoms with Crippen LogP contribution in [0.5, 0.6) is 5.88 Å². The maximum absolute atomic E-state index is 12.6. The summed E-state index contributed by atoms with van der Waals surface area (Å²) in [4.78, 5) is 22.2. The SMILES string of the molecule is N#Cc1nccnc1OC1CCN(C(=O)c2cc(Br)ccc2Cl)C1. The molecule has 8 heteroatoms. The summed E-state index contributed by atoms with van der Waals surface area (Å²) in [6.45, 7) is 0.956. The molecule has 1 aliphatic heterocycles. The number of hydrogen-bond acceptors (Lipinski definition) is 5. The van der Waals surface area contributed by atoms with Crippen LogP contribution >= 0.6 is 27.5 Å². The molecule has 24 heavy (non-hydrogen) atoms. The number of ether oxygens (including phenoxy) is 1. The molecular formula is C16H12BrClN4O2. The highest BCUT2D eigenvalue weighted by molar-refractivity contribution is 9.10. The van der Waals surface area contributed by atoms with Gasteiger partial charge in [-0.2, -0.15) is 5.26 Å². The van der Waals surface area contributed by atoms with E-state index in [1.54, 1.807) is 23.1 Å². The highest BCUT2D eigenvalue weighted by Crippen LogP contribution is 2.25. The van der Waals surface area contributed by atoms with E-state index in [1.165, 1.54) is 12.4 Å². The second-order valence-corrected chi connectivity index (χ2v) is 6.55. The van der Waals surface area contributed by atoms with Crippen LogP contribution in [0.15, 0.2) is 35.1 Å². The lowest BCUT2D eigenvalue weighted by Gasteiger charge is -2.18. The van der Waals surface area contributed by atoms with Gasteiger partial charge in [0.2, 0.25) is 5.69 Å². The first kappa shape index (κ1) is 16.7. The van der Waals surface area contributed by atoms with E-state index in [0.29, 0.717) is 30.1 Å². The molecule has 1 amide bonds. The van der Waals surface area contributed by atoms with E-state index in [2.05, 4.69) is 25.9 Å². The number of carbonyl (C=O) groups is 1. The quantitative estimate of drug-likeness (QED) is 0.781. The Morgan fingerprint density at radius 3 is 3.00 bits per heavy atom. The summed E-state index contributed by atoms with van der Waals surface area (Å²) in [6, 6.07) is 7.11. The number of aromatic nitrogens is 2. The molecular weight excluding hydrogens is 396 g/mol. The zero-order valence-corrected chi connectivity index (χ0v) is 14.8. The first-order valence-corrected chi connectivity index (χ1v) is 8.37. The van der Waals surface area contributed by atoms with E-state index in [-0.39, 0.29) is 23.6 Å². The van der Waals surface area contributed by atoms with Crippen molar-refractivity contribution in [1.82, 2.24) is 14.9 Å². The van der Waals surface area contributed by atoms with E-state index in [9.17, 15) is 4.79 Å². The second kappa shape index (κ2) is 7.16. The molecule has 0 spiro atoms. The number of nitriles is 1. The zero-order chi connectivity index (χ0) is 17.1. The van der Waals surface area contributed by atoms with Crippen LogP contribution in [0, 0.1) is 11.3 Å². The number of halogens is 2. The minimum Gasteiger partial charge on any atom is -0.470 e. The minimum atomic E-state index is -0.233. The molecule has 1 saturated heterocycles. The first-order valence-electron chi connectivity index (χ1n) is 7.20. The number of amides is 1. The van der Waals surface area contributed by atoms with Gasteiger partial charge in [0.25, 0.3) is 11.8 Å². The third-order valence-electron chi connectivity index (χ3n) is 3.64. The fourth-order valence-corrected chi connectivity index (χ4v) is 3.05. The molecule has 1 unspecified atom stereocenters. The molecule has 0 radical (unpaired) electrons. The van der Waals surface area contributed by atoms with Crippen molar-refractivity contribution in [3.8, 4) is 11.9 Å². The lowest BCUT2D eigenvalue weighted by molar-refractivity contribution is 0.0771. The van der Waals surface area contributed by atoms with Crippen LogP contribution in [0.3, 0.4) is 0 Å². The van der Waals surface area contributed by atoms with Gasteiger partial charge in [-0.15, -0.1) is 0 Å². The lowest BCUT2D eigenvalue weighted by Crippen LogP contribution is -2.31. The molecule has 0 bridgehead atoms. The summed E-state index contributed by atoms with van der Waals surface area (Å²) < 4.78 is 6.53. The molecule has 1 atom stereocenters. The average molecular weight is 408 g/mol. The van der Waals surface area contributed by atoms with Crippen LogP contribution in [0.2, 0.25) is 5.02 Å². The number of nitrogens with zero attached hydrogens (tertiary/aromatic N) is 4. The molecule has 122 valence electrons. The average Bonchev–Trinajstić information content (AvgIpc) is 3.05. The molecule has 0 N–H and O–H groups in total. The van der Waals surface area contributed by atoms with Crippen molar-refractivity contribution >= 4 is 33.4 Å². The largest absolute Gasteiger partial charge is 0.470 e. The summed E-state index contributed by atoms with van der Waals surface area (Å²) >= 11 is 9.47. The molecule has 3 rings (SSSR count). The van der Waals surface area contributed by atoms with Crippen LogP contribution in [0.4, 0.5) is 0 Å². The molecule has 0 saturated carbocycles. The zero-order valence-electron chi connectivity index (χ0n) is 12.4. The van der Waals surface area contributed by atoms with Crippen molar-refractivity contribution < 1.29 is 9.53 Å². The Morgan fingerprint density at radius 1 is 1.42 bits per heavy atom. The van der Waals surface area contributed by atoms with Gasteiger partial charge in [-0.3, -0.25) is 4.79 Å². The van der Waals surface area contributed by atoms with E-state index in [4.69, 9.17) is 21.6 Å². The lowest BCUT2D eigenvalue weighted by atomic mass is 10.2. The van der Waals surface area contributed by atoms with Gasteiger partial charge in [-0.25, -0.2) is 9.97 Å². The van der Waals surface area contributed by atoms with Crippen molar-refractivity contribution in [2.75, 3.05) is 13.1 Å². The van der Waals surface area contributed by atoms with Gasteiger partial charge >= 0.3 is 0 Å². The molecule has 1 fully saturated rings. The standard InChI is InChI=1S/C16H12BrClN4O2/c17-10-1-2-13(18)12(7-10)16(23)22-6-3-11(9-22)24-15-14(8-19)20-4-5-21-15/h1-2,4-5,7,11H,3,6,9H2. The van der Waals surface area contributed by atoms with Crippen molar-refractivity contribution in [2.45, 2.75) is 12.5 Å². The van der Waals surface area contributed by atoms with Gasteiger partial charge < -0.3 is 9.64 Å². The number of likely N-dealkylation sites (tertiary alicyclic amines) is 1. The Bertz CT molecular complexity index is 824. The van der Waals surface area contributed by atoms with Crippen molar-refractivity contribution in [2.24, 2.45) is 0 Å². The summed E-state index contributed by atoms with van der Waals surface area (Å²) in [5, 5.41) is 9.43. The molecule has 1 aliphatic rings. The smallest absolute Gasteiger partial charge is 0.255 e. The van der Waals surface area contributed by atoms with E-state index < -0.39 is 0 Å². The number of hydrogen-bond donors (Lipinski definition) is 0. The highest BCUT2D eigenvalue weighted by Gasteiger charge is 2.30. The van der Waals surface area contributed by atoms with Crippen molar-refractivity contribution in [3.63, 3.8) is 0 Å². The normalized spacial score (nSPS) is 16.7. The van der Waals surface area contributed by atoms with Crippen molar-refractivity contribution in [3.05, 3.63) is 51.3 Å². The Labute approximate surface area is 152 Å². The van der Waals surface area contributed by atoms with E-state index >= 15 is 0 Å². The van der Waals surface area contributed by atoms with Gasteiger partial charge in [0.1, 0.15) is 12.2 Å². The number of rotatable bonds is 3. The third kappa shape index (κ3) is 3.50. The van der Waals surface area contributed by atoms with Gasteiger partial charge in [0.15, 0.2) is 0 Å². The highest BCUT2D eigenvalue weighted by atomic mass is 79.9. The topological polar surface area (TPSA) is 79.1 Å². The van der Waals surface area contributed by atoms with Gasteiger partial charge in [0.05, 0.1) is 17.1 Å².